The third-order valence-corrected chi connectivity index (χ3v) is 7.24. The molecule has 1 amide bonds. The molecule has 2 aromatic carbocycles. The van der Waals surface area contributed by atoms with Crippen LogP contribution in [0.4, 0.5) is 10.5 Å². The van der Waals surface area contributed by atoms with Gasteiger partial charge in [-0.05, 0) is 80.7 Å². The fourth-order valence-corrected chi connectivity index (χ4v) is 5.30. The predicted octanol–water partition coefficient (Wildman–Crippen LogP) is 6.53. The number of amides is 1. The molecule has 2 aromatic heterocycles. The van der Waals surface area contributed by atoms with Crippen LogP contribution in [0.2, 0.25) is 10.0 Å². The molecule has 0 spiro atoms. The van der Waals surface area contributed by atoms with Crippen LogP contribution in [0, 0.1) is 5.92 Å². The van der Waals surface area contributed by atoms with Gasteiger partial charge in [0.25, 0.3) is 0 Å². The Morgan fingerprint density at radius 1 is 1.11 bits per heavy atom. The summed E-state index contributed by atoms with van der Waals surface area (Å²) >= 11 is 12.1. The van der Waals surface area contributed by atoms with Crippen LogP contribution >= 0.6 is 23.2 Å². The molecule has 0 unspecified atom stereocenters. The highest BCUT2D eigenvalue weighted by atomic mass is 35.5. The summed E-state index contributed by atoms with van der Waals surface area (Å²) in [5.41, 5.74) is 4.20. The topological polar surface area (TPSA) is 77.2 Å². The Bertz CT molecular complexity index is 1390. The number of hydrogen-bond donors (Lipinski definition) is 1. The van der Waals surface area contributed by atoms with Crippen molar-refractivity contribution in [1.82, 2.24) is 24.5 Å². The lowest BCUT2D eigenvalue weighted by Gasteiger charge is -2.29. The average Bonchev–Trinajstić information content (AvgIpc) is 3.48. The highest BCUT2D eigenvalue weighted by Crippen LogP contribution is 2.29. The molecule has 194 valence electrons. The number of benzene rings is 2. The molecule has 37 heavy (non-hydrogen) atoms. The number of aromatic nitrogens is 4. The van der Waals surface area contributed by atoms with Crippen LogP contribution in [0.15, 0.2) is 48.8 Å². The minimum absolute atomic E-state index is 0.0570. The third kappa shape index (κ3) is 6.09. The van der Waals surface area contributed by atoms with E-state index in [1.54, 1.807) is 22.9 Å². The van der Waals surface area contributed by atoms with Gasteiger partial charge in [-0.2, -0.15) is 0 Å². The molecule has 0 atom stereocenters. The van der Waals surface area contributed by atoms with Crippen molar-refractivity contribution in [2.24, 2.45) is 5.92 Å². The van der Waals surface area contributed by atoms with Crippen molar-refractivity contribution in [1.29, 1.82) is 0 Å². The van der Waals surface area contributed by atoms with Crippen molar-refractivity contribution < 1.29 is 9.53 Å². The van der Waals surface area contributed by atoms with Gasteiger partial charge in [-0.3, -0.25) is 10.2 Å². The zero-order valence-corrected chi connectivity index (χ0v) is 22.5. The van der Waals surface area contributed by atoms with E-state index in [1.165, 1.54) is 12.8 Å². The lowest BCUT2D eigenvalue weighted by atomic mass is 9.99. The van der Waals surface area contributed by atoms with Crippen LogP contribution in [0.1, 0.15) is 37.9 Å². The fourth-order valence-electron chi connectivity index (χ4n) is 4.72. The number of nitrogens with zero attached hydrogens (tertiary/aromatic N) is 5. The van der Waals surface area contributed by atoms with Crippen LogP contribution in [-0.4, -0.2) is 43.6 Å². The molecule has 1 saturated heterocycles. The summed E-state index contributed by atoms with van der Waals surface area (Å²) in [6.45, 7) is 8.19. The highest BCUT2D eigenvalue weighted by molar-refractivity contribution is 6.34. The zero-order chi connectivity index (χ0) is 25.9. The number of piperidine rings is 1. The monoisotopic (exact) mass is 540 g/mol. The van der Waals surface area contributed by atoms with Crippen molar-refractivity contribution in [3.05, 3.63) is 70.1 Å². The van der Waals surface area contributed by atoms with Crippen molar-refractivity contribution in [3.8, 4) is 5.69 Å². The number of ether oxygens (including phenoxy) is 1. The second kappa shape index (κ2) is 11.1. The second-order valence-corrected chi connectivity index (χ2v) is 10.5. The number of aryl methyl sites for hydroxylation is 1. The van der Waals surface area contributed by atoms with Crippen LogP contribution in [0.5, 0.6) is 0 Å². The Balaban J connectivity index is 1.31. The first-order chi connectivity index (χ1) is 17.9. The minimum atomic E-state index is -0.560. The van der Waals surface area contributed by atoms with Gasteiger partial charge in [-0.1, -0.05) is 35.3 Å². The third-order valence-electron chi connectivity index (χ3n) is 6.80. The van der Waals surface area contributed by atoms with Gasteiger partial charge < -0.3 is 9.30 Å². The maximum absolute atomic E-state index is 12.6. The number of hydrogen-bond acceptors (Lipinski definition) is 5. The lowest BCUT2D eigenvalue weighted by molar-refractivity contribution is 0.155. The molecule has 10 heteroatoms. The van der Waals surface area contributed by atoms with Crippen LogP contribution in [0.3, 0.4) is 0 Å². The van der Waals surface area contributed by atoms with Gasteiger partial charge in [-0.15, -0.1) is 5.10 Å². The summed E-state index contributed by atoms with van der Waals surface area (Å²) in [4.78, 5) is 15.1. The molecule has 0 radical (unpaired) electrons. The first-order valence-electron chi connectivity index (χ1n) is 12.5. The maximum atomic E-state index is 12.6. The number of nitrogens with one attached hydrogen (secondary N) is 1. The summed E-state index contributed by atoms with van der Waals surface area (Å²) in [5.74, 6) is 0.796. The standard InChI is InChI=1S/C27H30Cl2N6O2/c1-3-34-16-25(30-27(36)37-17-19-10-20(28)12-21(29)11-19)24-13-23(4-5-26(24)34)35-15-22(31-32-35)14-33-8-6-18(2)7-9-33/h4-5,10-13,15-16,18H,3,6-9,14,17H2,1-2H3,(H,30,36). The van der Waals surface area contributed by atoms with Gasteiger partial charge in [0.15, 0.2) is 0 Å². The van der Waals surface area contributed by atoms with Crippen molar-refractivity contribution in [2.75, 3.05) is 18.4 Å². The quantitative estimate of drug-likeness (QED) is 0.288. The normalized spacial score (nSPS) is 14.8. The number of halogens is 2. The Morgan fingerprint density at radius 2 is 1.86 bits per heavy atom. The van der Waals surface area contributed by atoms with Crippen LogP contribution < -0.4 is 5.32 Å². The van der Waals surface area contributed by atoms with Crippen molar-refractivity contribution in [3.63, 3.8) is 0 Å². The molecular formula is C27H30Cl2N6O2. The molecular weight excluding hydrogens is 511 g/mol. The Kier molecular flexibility index (Phi) is 7.69. The molecule has 5 rings (SSSR count). The van der Waals surface area contributed by atoms with E-state index in [4.69, 9.17) is 27.9 Å². The molecule has 4 aromatic rings. The van der Waals surface area contributed by atoms with Gasteiger partial charge in [-0.25, -0.2) is 9.48 Å². The van der Waals surface area contributed by atoms with Crippen LogP contribution in [-0.2, 0) is 24.4 Å². The largest absolute Gasteiger partial charge is 0.444 e. The van der Waals surface area contributed by atoms with Crippen LogP contribution in [0.25, 0.3) is 16.6 Å². The van der Waals surface area contributed by atoms with Gasteiger partial charge in [0, 0.05) is 34.7 Å². The molecule has 1 aliphatic rings. The van der Waals surface area contributed by atoms with Gasteiger partial charge in [0.2, 0.25) is 0 Å². The molecule has 3 heterocycles. The SMILES string of the molecule is CCn1cc(NC(=O)OCc2cc(Cl)cc(Cl)c2)c2cc(-n3cc(CN4CCC(C)CC4)nn3)ccc21. The van der Waals surface area contributed by atoms with E-state index in [9.17, 15) is 4.79 Å². The highest BCUT2D eigenvalue weighted by Gasteiger charge is 2.18. The number of carbonyl (C=O) groups excluding carboxylic acids is 1. The van der Waals surface area contributed by atoms with E-state index in [0.717, 1.165) is 54.4 Å². The summed E-state index contributed by atoms with van der Waals surface area (Å²) in [7, 11) is 0. The number of likely N-dealkylation sites (tertiary alicyclic amines) is 1. The Morgan fingerprint density at radius 3 is 2.59 bits per heavy atom. The first-order valence-corrected chi connectivity index (χ1v) is 13.3. The molecule has 1 N–H and O–H groups in total. The van der Waals surface area contributed by atoms with E-state index >= 15 is 0 Å². The number of carbonyl (C=O) groups is 1. The zero-order valence-electron chi connectivity index (χ0n) is 21.0. The van der Waals surface area contributed by atoms with Crippen molar-refractivity contribution >= 4 is 45.9 Å². The minimum Gasteiger partial charge on any atom is -0.444 e. The Labute approximate surface area is 226 Å². The summed E-state index contributed by atoms with van der Waals surface area (Å²) in [5, 5.41) is 13.5. The summed E-state index contributed by atoms with van der Waals surface area (Å²) in [6.07, 6.45) is 5.79. The summed E-state index contributed by atoms with van der Waals surface area (Å²) < 4.78 is 9.29. The van der Waals surface area contributed by atoms with E-state index in [2.05, 4.69) is 38.9 Å². The first kappa shape index (κ1) is 25.6. The van der Waals surface area contributed by atoms with Gasteiger partial charge in [0.05, 0.1) is 28.8 Å². The average molecular weight is 541 g/mol. The number of rotatable bonds is 7. The smallest absolute Gasteiger partial charge is 0.412 e. The molecule has 1 fully saturated rings. The van der Waals surface area contributed by atoms with Gasteiger partial charge >= 0.3 is 6.09 Å². The summed E-state index contributed by atoms with van der Waals surface area (Å²) in [6, 6.07) is 11.1. The van der Waals surface area contributed by atoms with E-state index in [-0.39, 0.29) is 6.61 Å². The van der Waals surface area contributed by atoms with Gasteiger partial charge in [0.1, 0.15) is 6.61 Å². The molecule has 0 saturated carbocycles. The maximum Gasteiger partial charge on any atom is 0.412 e. The second-order valence-electron chi connectivity index (χ2n) is 9.62. The molecule has 0 aliphatic carbocycles. The van der Waals surface area contributed by atoms with E-state index in [0.29, 0.717) is 21.3 Å². The van der Waals surface area contributed by atoms with E-state index < -0.39 is 6.09 Å². The lowest BCUT2D eigenvalue weighted by Crippen LogP contribution is -2.32. The van der Waals surface area contributed by atoms with E-state index in [1.807, 2.05) is 30.6 Å². The Hall–Kier alpha value is -3.07. The number of fused-ring (bicyclic) bond motifs is 1. The predicted molar refractivity (Wildman–Crippen MR) is 146 cm³/mol. The number of anilines is 1. The van der Waals surface area contributed by atoms with Crippen molar-refractivity contribution in [2.45, 2.75) is 46.4 Å². The molecule has 0 bridgehead atoms. The molecule has 8 nitrogen and oxygen atoms in total. The molecule has 1 aliphatic heterocycles. The fraction of sp³-hybridized carbons (Fsp3) is 0.370.